The van der Waals surface area contributed by atoms with Crippen molar-refractivity contribution in [2.24, 2.45) is 0 Å². The molecule has 0 atom stereocenters. The molecule has 0 aliphatic carbocycles. The number of esters is 2. The molecule has 0 saturated heterocycles. The summed E-state index contributed by atoms with van der Waals surface area (Å²) in [4.78, 5) is 24.0. The van der Waals surface area contributed by atoms with Gasteiger partial charge in [0.05, 0.1) is 18.1 Å². The lowest BCUT2D eigenvalue weighted by Gasteiger charge is -2.09. The van der Waals surface area contributed by atoms with Gasteiger partial charge in [0, 0.05) is 5.75 Å². The summed E-state index contributed by atoms with van der Waals surface area (Å²) >= 11 is 1.23. The van der Waals surface area contributed by atoms with Crippen molar-refractivity contribution < 1.29 is 28.9 Å². The molecule has 6 nitrogen and oxygen atoms in total. The van der Waals surface area contributed by atoms with E-state index in [-0.39, 0.29) is 18.1 Å². The van der Waals surface area contributed by atoms with E-state index in [0.717, 1.165) is 17.4 Å². The van der Waals surface area contributed by atoms with E-state index in [9.17, 15) is 14.7 Å². The molecule has 0 aliphatic rings. The number of benzene rings is 2. The van der Waals surface area contributed by atoms with Gasteiger partial charge in [0.1, 0.15) is 11.5 Å². The summed E-state index contributed by atoms with van der Waals surface area (Å²) in [6, 6.07) is 17.0. The number of hydrogen-bond donors (Lipinski definition) is 1. The Morgan fingerprint density at radius 2 is 1.57 bits per heavy atom. The molecular weight excluding hydrogens is 404 g/mol. The van der Waals surface area contributed by atoms with Crippen molar-refractivity contribution in [3.05, 3.63) is 83.0 Å². The van der Waals surface area contributed by atoms with E-state index in [4.69, 9.17) is 14.2 Å². The number of rotatable bonds is 10. The quantitative estimate of drug-likeness (QED) is 0.242. The summed E-state index contributed by atoms with van der Waals surface area (Å²) < 4.78 is 15.6. The zero-order valence-corrected chi connectivity index (χ0v) is 17.7. The topological polar surface area (TPSA) is 82.1 Å². The Balaban J connectivity index is 2.10. The molecule has 7 heteroatoms. The number of aliphatic hydroxyl groups excluding tert-OH is 1. The molecule has 1 N–H and O–H groups in total. The van der Waals surface area contributed by atoms with Gasteiger partial charge in [0.15, 0.2) is 0 Å². The van der Waals surface area contributed by atoms with Crippen LogP contribution in [0, 0.1) is 0 Å². The van der Waals surface area contributed by atoms with Crippen molar-refractivity contribution in [2.45, 2.75) is 19.6 Å². The SMILES string of the molecule is CCOC(=O)C(O)=CC=C(SCc1cccc(Oc2ccccc2)c1)C(=O)OCC. The molecule has 0 bridgehead atoms. The first-order valence-electron chi connectivity index (χ1n) is 9.43. The molecule has 0 saturated carbocycles. The van der Waals surface area contributed by atoms with Crippen LogP contribution in [-0.2, 0) is 24.8 Å². The van der Waals surface area contributed by atoms with Gasteiger partial charge in [0.2, 0.25) is 5.76 Å². The summed E-state index contributed by atoms with van der Waals surface area (Å²) in [6.45, 7) is 3.69. The number of carbonyl (C=O) groups excluding carboxylic acids is 2. The summed E-state index contributed by atoms with van der Waals surface area (Å²) in [5, 5.41) is 9.74. The average Bonchev–Trinajstić information content (AvgIpc) is 2.75. The smallest absolute Gasteiger partial charge is 0.373 e. The van der Waals surface area contributed by atoms with Crippen LogP contribution in [0.4, 0.5) is 0 Å². The summed E-state index contributed by atoms with van der Waals surface area (Å²) in [7, 11) is 0. The molecule has 2 aromatic carbocycles. The highest BCUT2D eigenvalue weighted by Crippen LogP contribution is 2.27. The second kappa shape index (κ2) is 12.4. The molecule has 2 rings (SSSR count). The standard InChI is InChI=1S/C23H24O6S/c1-3-27-22(25)20(24)13-14-21(23(26)28-4-2)30-16-17-9-8-12-19(15-17)29-18-10-6-5-7-11-18/h5-15,24H,3-4,16H2,1-2H3. The van der Waals surface area contributed by atoms with Crippen LogP contribution in [0.25, 0.3) is 0 Å². The first kappa shape index (κ1) is 23.1. The van der Waals surface area contributed by atoms with Crippen molar-refractivity contribution in [3.63, 3.8) is 0 Å². The van der Waals surface area contributed by atoms with Crippen molar-refractivity contribution in [2.75, 3.05) is 13.2 Å². The molecule has 0 unspecified atom stereocenters. The number of ether oxygens (including phenoxy) is 3. The lowest BCUT2D eigenvalue weighted by atomic mass is 10.2. The van der Waals surface area contributed by atoms with E-state index < -0.39 is 17.7 Å². The number of hydrogen-bond acceptors (Lipinski definition) is 7. The monoisotopic (exact) mass is 428 g/mol. The fourth-order valence-corrected chi connectivity index (χ4v) is 3.13. The Morgan fingerprint density at radius 3 is 2.27 bits per heavy atom. The van der Waals surface area contributed by atoms with Crippen molar-refractivity contribution in [1.29, 1.82) is 0 Å². The molecule has 30 heavy (non-hydrogen) atoms. The highest BCUT2D eigenvalue weighted by atomic mass is 32.2. The van der Waals surface area contributed by atoms with Gasteiger partial charge in [-0.25, -0.2) is 9.59 Å². The van der Waals surface area contributed by atoms with Crippen LogP contribution in [0.5, 0.6) is 11.5 Å². The largest absolute Gasteiger partial charge is 0.502 e. The zero-order valence-electron chi connectivity index (χ0n) is 16.9. The highest BCUT2D eigenvalue weighted by molar-refractivity contribution is 8.03. The Bertz CT molecular complexity index is 905. The second-order valence-electron chi connectivity index (χ2n) is 5.87. The third-order valence-electron chi connectivity index (χ3n) is 3.63. The van der Waals surface area contributed by atoms with Crippen LogP contribution in [-0.4, -0.2) is 30.3 Å². The Morgan fingerprint density at radius 1 is 0.900 bits per heavy atom. The van der Waals surface area contributed by atoms with Crippen LogP contribution in [0.15, 0.2) is 77.4 Å². The predicted octanol–water partition coefficient (Wildman–Crippen LogP) is 5.16. The number of allylic oxidation sites excluding steroid dienone is 2. The van der Waals surface area contributed by atoms with Gasteiger partial charge in [-0.2, -0.15) is 0 Å². The summed E-state index contributed by atoms with van der Waals surface area (Å²) in [5.41, 5.74) is 0.933. The molecule has 0 aromatic heterocycles. The molecular formula is C23H24O6S. The number of aliphatic hydroxyl groups is 1. The molecule has 0 amide bonds. The van der Waals surface area contributed by atoms with E-state index in [1.54, 1.807) is 13.8 Å². The molecule has 0 radical (unpaired) electrons. The summed E-state index contributed by atoms with van der Waals surface area (Å²) in [5.74, 6) is -0.0999. The first-order chi connectivity index (χ1) is 14.5. The third-order valence-corrected chi connectivity index (χ3v) is 4.72. The average molecular weight is 429 g/mol. The molecule has 0 spiro atoms. The third kappa shape index (κ3) is 7.67. The van der Waals surface area contributed by atoms with Gasteiger partial charge in [-0.1, -0.05) is 30.3 Å². The molecule has 2 aromatic rings. The normalized spacial score (nSPS) is 11.7. The first-order valence-corrected chi connectivity index (χ1v) is 10.4. The zero-order chi connectivity index (χ0) is 21.8. The van der Waals surface area contributed by atoms with Gasteiger partial charge in [-0.15, -0.1) is 11.8 Å². The van der Waals surface area contributed by atoms with E-state index >= 15 is 0 Å². The van der Waals surface area contributed by atoms with Crippen LogP contribution < -0.4 is 4.74 Å². The lowest BCUT2D eigenvalue weighted by molar-refractivity contribution is -0.141. The van der Waals surface area contributed by atoms with Gasteiger partial charge in [-0.3, -0.25) is 0 Å². The van der Waals surface area contributed by atoms with Crippen LogP contribution in [0.2, 0.25) is 0 Å². The Kier molecular flexibility index (Phi) is 9.54. The van der Waals surface area contributed by atoms with Gasteiger partial charge >= 0.3 is 11.9 Å². The van der Waals surface area contributed by atoms with E-state index in [0.29, 0.717) is 11.5 Å². The van der Waals surface area contributed by atoms with Crippen molar-refractivity contribution in [3.8, 4) is 11.5 Å². The molecule has 0 aliphatic heterocycles. The van der Waals surface area contributed by atoms with Crippen LogP contribution in [0.3, 0.4) is 0 Å². The van der Waals surface area contributed by atoms with Gasteiger partial charge in [0.25, 0.3) is 0 Å². The fraction of sp³-hybridized carbons (Fsp3) is 0.217. The number of para-hydroxylation sites is 1. The maximum Gasteiger partial charge on any atom is 0.373 e. The van der Waals surface area contributed by atoms with Crippen molar-refractivity contribution >= 4 is 23.7 Å². The highest BCUT2D eigenvalue weighted by Gasteiger charge is 2.13. The van der Waals surface area contributed by atoms with Gasteiger partial charge in [-0.05, 0) is 55.8 Å². The lowest BCUT2D eigenvalue weighted by Crippen LogP contribution is -2.08. The second-order valence-corrected chi connectivity index (χ2v) is 6.89. The molecule has 0 heterocycles. The minimum absolute atomic E-state index is 0.140. The maximum atomic E-state index is 12.2. The molecule has 0 fully saturated rings. The Hall–Kier alpha value is -3.19. The fourth-order valence-electron chi connectivity index (χ4n) is 2.29. The Labute approximate surface area is 180 Å². The van der Waals surface area contributed by atoms with Crippen LogP contribution in [0.1, 0.15) is 19.4 Å². The maximum absolute atomic E-state index is 12.2. The predicted molar refractivity (Wildman–Crippen MR) is 116 cm³/mol. The van der Waals surface area contributed by atoms with Crippen molar-refractivity contribution in [1.82, 2.24) is 0 Å². The van der Waals surface area contributed by atoms with Gasteiger partial charge < -0.3 is 19.3 Å². The summed E-state index contributed by atoms with van der Waals surface area (Å²) in [6.07, 6.45) is 2.48. The van der Waals surface area contributed by atoms with E-state index in [1.807, 2.05) is 54.6 Å². The van der Waals surface area contributed by atoms with Crippen LogP contribution >= 0.6 is 11.8 Å². The van der Waals surface area contributed by atoms with E-state index in [2.05, 4.69) is 0 Å². The minimum atomic E-state index is -0.854. The minimum Gasteiger partial charge on any atom is -0.502 e. The number of carbonyl (C=O) groups is 2. The van der Waals surface area contributed by atoms with E-state index in [1.165, 1.54) is 17.8 Å². The number of thioether (sulfide) groups is 1. The molecule has 158 valence electrons.